The third kappa shape index (κ3) is 3.83. The molecule has 7 heteroatoms. The third-order valence-electron chi connectivity index (χ3n) is 4.93. The van der Waals surface area contributed by atoms with Crippen molar-refractivity contribution in [3.05, 3.63) is 64.6 Å². The maximum absolute atomic E-state index is 10.8. The Kier molecular flexibility index (Phi) is 5.35. The molecule has 0 unspecified atom stereocenters. The van der Waals surface area contributed by atoms with E-state index in [1.54, 1.807) is 12.1 Å². The van der Waals surface area contributed by atoms with Crippen LogP contribution in [0.4, 0.5) is 5.69 Å². The summed E-state index contributed by atoms with van der Waals surface area (Å²) in [4.78, 5) is 19.8. The van der Waals surface area contributed by atoms with E-state index in [2.05, 4.69) is 30.3 Å². The monoisotopic (exact) mass is 404 g/mol. The number of hydrogen-bond donors (Lipinski definition) is 0. The Morgan fingerprint density at radius 2 is 1.83 bits per heavy atom. The first-order valence-corrected chi connectivity index (χ1v) is 10.2. The van der Waals surface area contributed by atoms with Gasteiger partial charge in [0.05, 0.1) is 22.2 Å². The van der Waals surface area contributed by atoms with Crippen molar-refractivity contribution < 1.29 is 9.66 Å². The normalized spacial score (nSPS) is 11.5. The van der Waals surface area contributed by atoms with Crippen molar-refractivity contribution in [2.45, 2.75) is 40.2 Å². The highest BCUT2D eigenvalue weighted by molar-refractivity contribution is 6.02. The molecule has 0 saturated carbocycles. The molecule has 4 aromatic rings. The number of non-ortho nitro benzene ring substituents is 1. The van der Waals surface area contributed by atoms with E-state index in [0.717, 1.165) is 47.1 Å². The molecule has 2 heterocycles. The van der Waals surface area contributed by atoms with Crippen LogP contribution in [0.25, 0.3) is 21.9 Å². The van der Waals surface area contributed by atoms with Crippen LogP contribution in [-0.2, 0) is 13.0 Å². The minimum absolute atomic E-state index is 0.0335. The van der Waals surface area contributed by atoms with E-state index in [1.807, 2.05) is 24.4 Å². The first-order valence-electron chi connectivity index (χ1n) is 10.2. The third-order valence-corrected chi connectivity index (χ3v) is 4.93. The fourth-order valence-corrected chi connectivity index (χ4v) is 3.65. The number of nitro groups is 1. The van der Waals surface area contributed by atoms with Gasteiger partial charge in [0.15, 0.2) is 0 Å². The molecule has 0 radical (unpaired) electrons. The van der Waals surface area contributed by atoms with Gasteiger partial charge in [-0.15, -0.1) is 0 Å². The highest BCUT2D eigenvalue weighted by Gasteiger charge is 2.15. The van der Waals surface area contributed by atoms with Gasteiger partial charge in [0.25, 0.3) is 5.69 Å². The minimum atomic E-state index is -0.428. The zero-order valence-corrected chi connectivity index (χ0v) is 17.3. The number of aromatic nitrogens is 3. The number of benzene rings is 2. The van der Waals surface area contributed by atoms with Gasteiger partial charge in [0, 0.05) is 36.6 Å². The number of fused-ring (bicyclic) bond motifs is 3. The maximum Gasteiger partial charge on any atom is 0.269 e. The van der Waals surface area contributed by atoms with Crippen molar-refractivity contribution in [3.8, 4) is 11.5 Å². The van der Waals surface area contributed by atoms with Crippen LogP contribution in [0.15, 0.2) is 48.7 Å². The van der Waals surface area contributed by atoms with E-state index < -0.39 is 4.92 Å². The number of nitrogens with zero attached hydrogens (tertiary/aromatic N) is 4. The molecule has 2 aromatic heterocycles. The van der Waals surface area contributed by atoms with Gasteiger partial charge in [0.2, 0.25) is 0 Å². The van der Waals surface area contributed by atoms with E-state index in [-0.39, 0.29) is 5.69 Å². The zero-order valence-electron chi connectivity index (χ0n) is 17.3. The van der Waals surface area contributed by atoms with Crippen molar-refractivity contribution in [1.82, 2.24) is 14.5 Å². The summed E-state index contributed by atoms with van der Waals surface area (Å²) in [5, 5.41) is 11.9. The van der Waals surface area contributed by atoms with Gasteiger partial charge in [-0.2, -0.15) is 0 Å². The summed E-state index contributed by atoms with van der Waals surface area (Å²) >= 11 is 0. The Hall–Kier alpha value is -3.48. The lowest BCUT2D eigenvalue weighted by Crippen LogP contribution is -2.08. The van der Waals surface area contributed by atoms with Gasteiger partial charge in [-0.25, -0.2) is 4.98 Å². The Balaban J connectivity index is 1.74. The zero-order chi connectivity index (χ0) is 21.3. The van der Waals surface area contributed by atoms with Crippen LogP contribution in [0.2, 0.25) is 0 Å². The number of ether oxygens (including phenoxy) is 1. The second-order valence-electron chi connectivity index (χ2n) is 7.81. The maximum atomic E-state index is 10.8. The Morgan fingerprint density at radius 3 is 2.50 bits per heavy atom. The van der Waals surface area contributed by atoms with Gasteiger partial charge in [-0.05, 0) is 36.6 Å². The predicted molar refractivity (Wildman–Crippen MR) is 117 cm³/mol. The van der Waals surface area contributed by atoms with Crippen LogP contribution in [0.5, 0.6) is 11.5 Å². The summed E-state index contributed by atoms with van der Waals surface area (Å²) in [6.07, 6.45) is 3.80. The smallest absolute Gasteiger partial charge is 0.269 e. The molecule has 0 fully saturated rings. The summed E-state index contributed by atoms with van der Waals surface area (Å²) in [5.41, 5.74) is 2.88. The predicted octanol–water partition coefficient (Wildman–Crippen LogP) is 5.89. The highest BCUT2D eigenvalue weighted by atomic mass is 16.6. The summed E-state index contributed by atoms with van der Waals surface area (Å²) in [5.74, 6) is 2.77. The molecule has 0 aliphatic rings. The minimum Gasteiger partial charge on any atom is -0.457 e. The van der Waals surface area contributed by atoms with E-state index in [4.69, 9.17) is 9.72 Å². The fraction of sp³-hybridized carbons (Fsp3) is 0.304. The average molecular weight is 404 g/mol. The summed E-state index contributed by atoms with van der Waals surface area (Å²) in [6.45, 7) is 7.49. The van der Waals surface area contributed by atoms with E-state index in [0.29, 0.717) is 17.4 Å². The largest absolute Gasteiger partial charge is 0.457 e. The summed E-state index contributed by atoms with van der Waals surface area (Å²) in [6, 6.07) is 11.8. The van der Waals surface area contributed by atoms with Crippen molar-refractivity contribution in [3.63, 3.8) is 0 Å². The highest BCUT2D eigenvalue weighted by Crippen LogP contribution is 2.31. The van der Waals surface area contributed by atoms with Crippen molar-refractivity contribution >= 4 is 27.6 Å². The Morgan fingerprint density at radius 1 is 1.10 bits per heavy atom. The molecule has 154 valence electrons. The SMILES string of the molecule is CCCc1nc2cnc3cc(Oc4ccc([N+](=O)[O-])cc4)ccc3c2n1CC(C)C. The second kappa shape index (κ2) is 8.10. The van der Waals surface area contributed by atoms with Crippen LogP contribution in [0.1, 0.15) is 33.0 Å². The molecule has 4 rings (SSSR count). The molecule has 0 amide bonds. The summed E-state index contributed by atoms with van der Waals surface area (Å²) < 4.78 is 8.21. The van der Waals surface area contributed by atoms with Crippen LogP contribution in [-0.4, -0.2) is 19.5 Å². The molecule has 2 aromatic carbocycles. The van der Waals surface area contributed by atoms with Gasteiger partial charge >= 0.3 is 0 Å². The van der Waals surface area contributed by atoms with Crippen LogP contribution in [0.3, 0.4) is 0 Å². The number of rotatable bonds is 7. The van der Waals surface area contributed by atoms with Crippen molar-refractivity contribution in [1.29, 1.82) is 0 Å². The van der Waals surface area contributed by atoms with Gasteiger partial charge in [0.1, 0.15) is 22.8 Å². The van der Waals surface area contributed by atoms with Crippen LogP contribution < -0.4 is 4.74 Å². The number of imidazole rings is 1. The molecule has 30 heavy (non-hydrogen) atoms. The number of hydrogen-bond acceptors (Lipinski definition) is 5. The van der Waals surface area contributed by atoms with Crippen LogP contribution in [0, 0.1) is 16.0 Å². The lowest BCUT2D eigenvalue weighted by molar-refractivity contribution is -0.384. The number of pyridine rings is 1. The molecule has 0 atom stereocenters. The summed E-state index contributed by atoms with van der Waals surface area (Å²) in [7, 11) is 0. The van der Waals surface area contributed by atoms with Gasteiger partial charge in [-0.3, -0.25) is 15.1 Å². The first-order chi connectivity index (χ1) is 14.5. The molecule has 7 nitrogen and oxygen atoms in total. The molecular formula is C23H24N4O3. The molecule has 0 saturated heterocycles. The van der Waals surface area contributed by atoms with Crippen molar-refractivity contribution in [2.24, 2.45) is 5.92 Å². The number of nitro benzene ring substituents is 1. The molecule has 0 bridgehead atoms. The Bertz CT molecular complexity index is 1210. The lowest BCUT2D eigenvalue weighted by atomic mass is 10.1. The molecule has 0 spiro atoms. The van der Waals surface area contributed by atoms with E-state index in [1.165, 1.54) is 12.1 Å². The van der Waals surface area contributed by atoms with Crippen LogP contribution >= 0.6 is 0 Å². The number of aryl methyl sites for hydroxylation is 1. The average Bonchev–Trinajstić information content (AvgIpc) is 3.05. The molecule has 0 aliphatic carbocycles. The Labute approximate surface area is 174 Å². The lowest BCUT2D eigenvalue weighted by Gasteiger charge is -2.13. The van der Waals surface area contributed by atoms with Gasteiger partial charge < -0.3 is 9.30 Å². The van der Waals surface area contributed by atoms with E-state index in [9.17, 15) is 10.1 Å². The first kappa shape index (κ1) is 19.8. The van der Waals surface area contributed by atoms with Crippen molar-refractivity contribution in [2.75, 3.05) is 0 Å². The second-order valence-corrected chi connectivity index (χ2v) is 7.81. The standard InChI is InChI=1S/C23H24N4O3/c1-4-5-22-25-21-13-24-20-12-18(30-17-8-6-16(7-9-17)27(28)29)10-11-19(20)23(21)26(22)14-15(2)3/h6-13,15H,4-5,14H2,1-3H3. The molecule has 0 N–H and O–H groups in total. The van der Waals surface area contributed by atoms with Gasteiger partial charge in [-0.1, -0.05) is 20.8 Å². The molecular weight excluding hydrogens is 380 g/mol. The topological polar surface area (TPSA) is 83.1 Å². The van der Waals surface area contributed by atoms with E-state index >= 15 is 0 Å². The quantitative estimate of drug-likeness (QED) is 0.283. The fourth-order valence-electron chi connectivity index (χ4n) is 3.65. The molecule has 0 aliphatic heterocycles.